The van der Waals surface area contributed by atoms with Crippen molar-refractivity contribution in [3.05, 3.63) is 22.7 Å². The average Bonchev–Trinajstić information content (AvgIpc) is 2.53. The molecule has 1 spiro atoms. The van der Waals surface area contributed by atoms with Crippen LogP contribution >= 0.6 is 11.6 Å². The van der Waals surface area contributed by atoms with Crippen LogP contribution in [0.2, 0.25) is 5.02 Å². The van der Waals surface area contributed by atoms with Crippen molar-refractivity contribution in [1.82, 2.24) is 5.32 Å². The molecule has 1 heterocycles. The highest BCUT2D eigenvalue weighted by Crippen LogP contribution is 2.51. The van der Waals surface area contributed by atoms with Gasteiger partial charge in [0.25, 0.3) is 0 Å². The van der Waals surface area contributed by atoms with Gasteiger partial charge in [-0.2, -0.15) is 0 Å². The smallest absolute Gasteiger partial charge is 0.348 e. The zero-order valence-electron chi connectivity index (χ0n) is 13.9. The number of carboxylic acids is 1. The standard InChI is InChI=1S/C18H21ClN2O4/c19-11-5-6-12(25-18(15(22)23)9-4-10-18)13-14(11)20-16(24)21-17(13)7-2-1-3-8-17/h5-6H,1-4,7-10H2,(H,22,23)(H2,20,21,24). The van der Waals surface area contributed by atoms with Gasteiger partial charge < -0.3 is 20.5 Å². The molecule has 6 nitrogen and oxygen atoms in total. The minimum atomic E-state index is -1.17. The minimum Gasteiger partial charge on any atom is -0.478 e. The van der Waals surface area contributed by atoms with Crippen molar-refractivity contribution in [2.24, 2.45) is 0 Å². The molecule has 2 fully saturated rings. The molecule has 0 aromatic heterocycles. The first-order chi connectivity index (χ1) is 12.0. The first kappa shape index (κ1) is 16.5. The Balaban J connectivity index is 1.83. The summed E-state index contributed by atoms with van der Waals surface area (Å²) >= 11 is 6.35. The van der Waals surface area contributed by atoms with E-state index in [9.17, 15) is 14.7 Å². The molecular weight excluding hydrogens is 344 g/mol. The van der Waals surface area contributed by atoms with Crippen molar-refractivity contribution >= 4 is 29.3 Å². The number of amides is 2. The highest BCUT2D eigenvalue weighted by Gasteiger charge is 2.50. The Labute approximate surface area is 150 Å². The summed E-state index contributed by atoms with van der Waals surface area (Å²) in [6.07, 6.45) is 6.53. The van der Waals surface area contributed by atoms with Crippen molar-refractivity contribution < 1.29 is 19.4 Å². The maximum atomic E-state index is 12.2. The van der Waals surface area contributed by atoms with Crippen LogP contribution in [0.3, 0.4) is 0 Å². The quantitative estimate of drug-likeness (QED) is 0.755. The normalized spacial score (nSPS) is 23.0. The van der Waals surface area contributed by atoms with Crippen LogP contribution < -0.4 is 15.4 Å². The molecule has 0 unspecified atom stereocenters. The Morgan fingerprint density at radius 3 is 2.44 bits per heavy atom. The van der Waals surface area contributed by atoms with Crippen LogP contribution in [0.5, 0.6) is 5.75 Å². The number of nitrogens with one attached hydrogen (secondary N) is 2. The van der Waals surface area contributed by atoms with E-state index in [4.69, 9.17) is 16.3 Å². The Hall–Kier alpha value is -1.95. The third-order valence-electron chi connectivity index (χ3n) is 5.75. The molecule has 0 atom stereocenters. The lowest BCUT2D eigenvalue weighted by atomic mass is 9.74. The van der Waals surface area contributed by atoms with Crippen molar-refractivity contribution in [3.8, 4) is 5.75 Å². The Bertz CT molecular complexity index is 739. The number of carboxylic acid groups (broad SMARTS) is 1. The minimum absolute atomic E-state index is 0.273. The first-order valence-electron chi connectivity index (χ1n) is 8.80. The molecule has 1 aromatic rings. The van der Waals surface area contributed by atoms with Crippen molar-refractivity contribution in [3.63, 3.8) is 0 Å². The van der Waals surface area contributed by atoms with Crippen LogP contribution in [0.1, 0.15) is 56.9 Å². The number of carbonyl (C=O) groups is 2. The number of hydrogen-bond donors (Lipinski definition) is 3. The van der Waals surface area contributed by atoms with Crippen LogP contribution in [-0.2, 0) is 10.3 Å². The fraction of sp³-hybridized carbons (Fsp3) is 0.556. The Morgan fingerprint density at radius 2 is 1.84 bits per heavy atom. The lowest BCUT2D eigenvalue weighted by Gasteiger charge is -2.45. The molecule has 134 valence electrons. The fourth-order valence-electron chi connectivity index (χ4n) is 4.26. The predicted molar refractivity (Wildman–Crippen MR) is 93.2 cm³/mol. The van der Waals surface area contributed by atoms with Crippen LogP contribution in [0.4, 0.5) is 10.5 Å². The zero-order valence-corrected chi connectivity index (χ0v) is 14.6. The van der Waals surface area contributed by atoms with Gasteiger partial charge in [-0.3, -0.25) is 0 Å². The van der Waals surface area contributed by atoms with Crippen LogP contribution in [0, 0.1) is 0 Å². The monoisotopic (exact) mass is 364 g/mol. The van der Waals surface area contributed by atoms with Gasteiger partial charge >= 0.3 is 12.0 Å². The topological polar surface area (TPSA) is 87.7 Å². The van der Waals surface area contributed by atoms with Crippen molar-refractivity contribution in [2.75, 3.05) is 5.32 Å². The molecule has 0 radical (unpaired) electrons. The van der Waals surface area contributed by atoms with Crippen molar-refractivity contribution in [1.29, 1.82) is 0 Å². The molecule has 25 heavy (non-hydrogen) atoms. The molecule has 1 aromatic carbocycles. The summed E-state index contributed by atoms with van der Waals surface area (Å²) in [5, 5.41) is 15.9. The van der Waals surface area contributed by atoms with Crippen molar-refractivity contribution in [2.45, 2.75) is 62.5 Å². The highest BCUT2D eigenvalue weighted by molar-refractivity contribution is 6.34. The number of aliphatic carboxylic acids is 1. The second-order valence-corrected chi connectivity index (χ2v) is 7.68. The molecule has 7 heteroatoms. The molecule has 2 amide bonds. The number of fused-ring (bicyclic) bond motifs is 2. The van der Waals surface area contributed by atoms with E-state index in [2.05, 4.69) is 10.6 Å². The number of rotatable bonds is 3. The van der Waals surface area contributed by atoms with E-state index >= 15 is 0 Å². The maximum absolute atomic E-state index is 12.2. The van der Waals surface area contributed by atoms with Crippen LogP contribution in [0.25, 0.3) is 0 Å². The molecule has 1 aliphatic heterocycles. The van der Waals surface area contributed by atoms with Gasteiger partial charge in [-0.1, -0.05) is 30.9 Å². The fourth-order valence-corrected chi connectivity index (χ4v) is 4.47. The third-order valence-corrected chi connectivity index (χ3v) is 6.06. The zero-order chi connectivity index (χ0) is 17.7. The van der Waals surface area contributed by atoms with Gasteiger partial charge in [-0.25, -0.2) is 9.59 Å². The van der Waals surface area contributed by atoms with Gasteiger partial charge in [-0.05, 0) is 44.2 Å². The summed E-state index contributed by atoms with van der Waals surface area (Å²) in [5.41, 5.74) is -0.366. The Kier molecular flexibility index (Phi) is 3.83. The van der Waals surface area contributed by atoms with E-state index in [0.29, 0.717) is 29.3 Å². The average molecular weight is 365 g/mol. The Morgan fingerprint density at radius 1 is 1.12 bits per heavy atom. The van der Waals surface area contributed by atoms with E-state index in [1.807, 2.05) is 0 Å². The molecule has 2 saturated carbocycles. The summed E-state index contributed by atoms with van der Waals surface area (Å²) < 4.78 is 6.07. The molecule has 3 aliphatic rings. The second-order valence-electron chi connectivity index (χ2n) is 7.27. The SMILES string of the molecule is O=C1Nc2c(Cl)ccc(OC3(C(=O)O)CCC3)c2C2(CCCCC2)N1. The second kappa shape index (κ2) is 5.80. The highest BCUT2D eigenvalue weighted by atomic mass is 35.5. The van der Waals surface area contributed by atoms with E-state index < -0.39 is 17.1 Å². The van der Waals surface area contributed by atoms with Gasteiger partial charge in [0.05, 0.1) is 16.2 Å². The number of carbonyl (C=O) groups excluding carboxylic acids is 1. The lowest BCUT2D eigenvalue weighted by molar-refractivity contribution is -0.163. The largest absolute Gasteiger partial charge is 0.478 e. The number of benzene rings is 1. The summed E-state index contributed by atoms with van der Waals surface area (Å²) in [6, 6.07) is 3.12. The van der Waals surface area contributed by atoms with E-state index in [1.165, 1.54) is 0 Å². The summed E-state index contributed by atoms with van der Waals surface area (Å²) in [5.74, 6) is -0.427. The number of halogens is 1. The summed E-state index contributed by atoms with van der Waals surface area (Å²) in [7, 11) is 0. The molecule has 4 rings (SSSR count). The number of urea groups is 1. The van der Waals surface area contributed by atoms with Crippen LogP contribution in [0.15, 0.2) is 12.1 Å². The third kappa shape index (κ3) is 2.54. The van der Waals surface area contributed by atoms with Gasteiger partial charge in [0.2, 0.25) is 5.60 Å². The lowest BCUT2D eigenvalue weighted by Crippen LogP contribution is -2.54. The molecular formula is C18H21ClN2O4. The van der Waals surface area contributed by atoms with Crippen LogP contribution in [-0.4, -0.2) is 22.7 Å². The predicted octanol–water partition coefficient (Wildman–Crippen LogP) is 4.02. The van der Waals surface area contributed by atoms with E-state index in [1.54, 1.807) is 12.1 Å². The molecule has 2 aliphatic carbocycles. The number of hydrogen-bond acceptors (Lipinski definition) is 3. The number of anilines is 1. The molecule has 0 bridgehead atoms. The van der Waals surface area contributed by atoms with Gasteiger partial charge in [0, 0.05) is 5.56 Å². The first-order valence-corrected chi connectivity index (χ1v) is 9.18. The van der Waals surface area contributed by atoms with Gasteiger partial charge in [-0.15, -0.1) is 0 Å². The van der Waals surface area contributed by atoms with E-state index in [0.717, 1.165) is 44.1 Å². The summed E-state index contributed by atoms with van der Waals surface area (Å²) in [4.78, 5) is 23.9. The van der Waals surface area contributed by atoms with E-state index in [-0.39, 0.29) is 6.03 Å². The maximum Gasteiger partial charge on any atom is 0.348 e. The number of ether oxygens (including phenoxy) is 1. The van der Waals surface area contributed by atoms with Gasteiger partial charge in [0.1, 0.15) is 5.75 Å². The molecule has 3 N–H and O–H groups in total. The molecule has 0 saturated heterocycles. The summed E-state index contributed by atoms with van der Waals surface area (Å²) in [6.45, 7) is 0. The van der Waals surface area contributed by atoms with Gasteiger partial charge in [0.15, 0.2) is 0 Å².